The molecule has 5 aromatic carbocycles. The molecule has 0 bridgehead atoms. The molecule has 0 aliphatic rings. The molecule has 0 amide bonds. The summed E-state index contributed by atoms with van der Waals surface area (Å²) in [6.07, 6.45) is 0. The van der Waals surface area contributed by atoms with Crippen LogP contribution < -0.4 is 0 Å². The third-order valence-electron chi connectivity index (χ3n) is 6.93. The fourth-order valence-electron chi connectivity index (χ4n) is 5.09. The lowest BCUT2D eigenvalue weighted by molar-refractivity contribution is 1.32. The second kappa shape index (κ2) is 10.3. The second-order valence-corrected chi connectivity index (χ2v) is 9.89. The molecule has 6 aromatic rings. The van der Waals surface area contributed by atoms with Gasteiger partial charge in [-0.1, -0.05) is 132 Å². The Morgan fingerprint density at radius 1 is 0.316 bits per heavy atom. The lowest BCUT2D eigenvalue weighted by atomic mass is 9.96. The Morgan fingerprint density at radius 2 is 0.763 bits per heavy atom. The van der Waals surface area contributed by atoms with E-state index in [0.29, 0.717) is 0 Å². The van der Waals surface area contributed by atoms with Crippen LogP contribution in [0.5, 0.6) is 0 Å². The Bertz CT molecular complexity index is 1680. The van der Waals surface area contributed by atoms with Gasteiger partial charge in [-0.3, -0.25) is 0 Å². The summed E-state index contributed by atoms with van der Waals surface area (Å²) < 4.78 is 0. The first-order valence-corrected chi connectivity index (χ1v) is 13.0. The van der Waals surface area contributed by atoms with Crippen LogP contribution in [0.25, 0.3) is 55.9 Å². The van der Waals surface area contributed by atoms with Crippen molar-refractivity contribution in [1.29, 1.82) is 0 Å². The highest BCUT2D eigenvalue weighted by molar-refractivity contribution is 5.80. The fourth-order valence-corrected chi connectivity index (χ4v) is 5.09. The first kappa shape index (κ1) is 23.6. The molecule has 0 saturated carbocycles. The van der Waals surface area contributed by atoms with Crippen LogP contribution in [0.1, 0.15) is 11.1 Å². The van der Waals surface area contributed by atoms with Crippen molar-refractivity contribution in [2.75, 3.05) is 0 Å². The molecule has 0 aliphatic carbocycles. The largest absolute Gasteiger partial charge is 0.248 e. The SMILES string of the molecule is Cc1cc(C)cc(-c2cccc(-c3cc(-c4ccc(-c5ccccc5)cc4)cc(-c4ccccc4)n3)c2)c1. The number of benzene rings is 5. The van der Waals surface area contributed by atoms with Gasteiger partial charge in [0, 0.05) is 11.1 Å². The van der Waals surface area contributed by atoms with E-state index in [-0.39, 0.29) is 0 Å². The number of aromatic nitrogens is 1. The zero-order valence-corrected chi connectivity index (χ0v) is 21.7. The Hall–Kier alpha value is -4.75. The normalized spacial score (nSPS) is 10.9. The van der Waals surface area contributed by atoms with E-state index in [1.165, 1.54) is 38.9 Å². The van der Waals surface area contributed by atoms with Crippen LogP contribution in [0.15, 0.2) is 140 Å². The molecule has 0 spiro atoms. The number of rotatable bonds is 5. The maximum Gasteiger partial charge on any atom is 0.0715 e. The molecule has 6 rings (SSSR count). The third kappa shape index (κ3) is 5.05. The summed E-state index contributed by atoms with van der Waals surface area (Å²) >= 11 is 0. The van der Waals surface area contributed by atoms with Crippen LogP contribution >= 0.6 is 0 Å². The summed E-state index contributed by atoms with van der Waals surface area (Å²) in [6, 6.07) is 49.6. The number of aryl methyl sites for hydroxylation is 2. The van der Waals surface area contributed by atoms with Crippen LogP contribution in [0, 0.1) is 13.8 Å². The number of hydrogen-bond acceptors (Lipinski definition) is 1. The van der Waals surface area contributed by atoms with Crippen LogP contribution in [0.2, 0.25) is 0 Å². The Balaban J connectivity index is 1.45. The predicted octanol–water partition coefficient (Wildman–Crippen LogP) is 10.0. The maximum absolute atomic E-state index is 5.13. The summed E-state index contributed by atoms with van der Waals surface area (Å²) in [5.41, 5.74) is 13.9. The molecule has 182 valence electrons. The lowest BCUT2D eigenvalue weighted by Crippen LogP contribution is -1.92. The van der Waals surface area contributed by atoms with Gasteiger partial charge in [0.05, 0.1) is 11.4 Å². The van der Waals surface area contributed by atoms with Gasteiger partial charge in [-0.25, -0.2) is 4.98 Å². The van der Waals surface area contributed by atoms with Gasteiger partial charge in [-0.2, -0.15) is 0 Å². The van der Waals surface area contributed by atoms with Crippen molar-refractivity contribution in [1.82, 2.24) is 4.98 Å². The Morgan fingerprint density at radius 3 is 1.39 bits per heavy atom. The van der Waals surface area contributed by atoms with Gasteiger partial charge >= 0.3 is 0 Å². The third-order valence-corrected chi connectivity index (χ3v) is 6.93. The minimum atomic E-state index is 0.972. The molecule has 0 atom stereocenters. The van der Waals surface area contributed by atoms with E-state index in [9.17, 15) is 0 Å². The van der Waals surface area contributed by atoms with E-state index in [1.807, 2.05) is 6.07 Å². The van der Waals surface area contributed by atoms with Crippen molar-refractivity contribution in [3.63, 3.8) is 0 Å². The average Bonchev–Trinajstić information content (AvgIpc) is 2.97. The van der Waals surface area contributed by atoms with Crippen molar-refractivity contribution in [3.8, 4) is 55.9 Å². The van der Waals surface area contributed by atoms with Crippen LogP contribution in [-0.2, 0) is 0 Å². The average molecular weight is 488 g/mol. The minimum absolute atomic E-state index is 0.972. The van der Waals surface area contributed by atoms with Crippen molar-refractivity contribution >= 4 is 0 Å². The van der Waals surface area contributed by atoms with Gasteiger partial charge in [-0.15, -0.1) is 0 Å². The van der Waals surface area contributed by atoms with E-state index < -0.39 is 0 Å². The molecular weight excluding hydrogens is 458 g/mol. The Labute approximate surface area is 225 Å². The molecule has 1 heterocycles. The molecule has 1 nitrogen and oxygen atoms in total. The van der Waals surface area contributed by atoms with Crippen molar-refractivity contribution in [3.05, 3.63) is 151 Å². The van der Waals surface area contributed by atoms with Gasteiger partial charge in [0.2, 0.25) is 0 Å². The van der Waals surface area contributed by atoms with Gasteiger partial charge in [0.25, 0.3) is 0 Å². The van der Waals surface area contributed by atoms with Crippen LogP contribution in [0.4, 0.5) is 0 Å². The van der Waals surface area contributed by atoms with Gasteiger partial charge in [-0.05, 0) is 65.4 Å². The molecular formula is C37H29N. The molecule has 1 heteroatoms. The van der Waals surface area contributed by atoms with E-state index in [2.05, 4.69) is 147 Å². The molecule has 0 N–H and O–H groups in total. The molecule has 0 saturated heterocycles. The molecule has 0 fully saturated rings. The van der Waals surface area contributed by atoms with E-state index in [1.54, 1.807) is 0 Å². The highest BCUT2D eigenvalue weighted by atomic mass is 14.7. The van der Waals surface area contributed by atoms with Crippen LogP contribution in [-0.4, -0.2) is 4.98 Å². The lowest BCUT2D eigenvalue weighted by Gasteiger charge is -2.12. The molecule has 0 radical (unpaired) electrons. The number of nitrogens with zero attached hydrogens (tertiary/aromatic N) is 1. The van der Waals surface area contributed by atoms with E-state index >= 15 is 0 Å². The topological polar surface area (TPSA) is 12.9 Å². The minimum Gasteiger partial charge on any atom is -0.248 e. The number of hydrogen-bond donors (Lipinski definition) is 0. The van der Waals surface area contributed by atoms with Gasteiger partial charge < -0.3 is 0 Å². The summed E-state index contributed by atoms with van der Waals surface area (Å²) in [7, 11) is 0. The van der Waals surface area contributed by atoms with Crippen molar-refractivity contribution in [2.45, 2.75) is 13.8 Å². The molecule has 38 heavy (non-hydrogen) atoms. The monoisotopic (exact) mass is 487 g/mol. The fraction of sp³-hybridized carbons (Fsp3) is 0.0541. The van der Waals surface area contributed by atoms with E-state index in [4.69, 9.17) is 4.98 Å². The molecule has 0 unspecified atom stereocenters. The highest BCUT2D eigenvalue weighted by Gasteiger charge is 2.11. The van der Waals surface area contributed by atoms with Gasteiger partial charge in [0.15, 0.2) is 0 Å². The molecule has 0 aliphatic heterocycles. The maximum atomic E-state index is 5.13. The van der Waals surface area contributed by atoms with Crippen molar-refractivity contribution in [2.24, 2.45) is 0 Å². The summed E-state index contributed by atoms with van der Waals surface area (Å²) in [4.78, 5) is 5.13. The van der Waals surface area contributed by atoms with Gasteiger partial charge in [0.1, 0.15) is 0 Å². The highest BCUT2D eigenvalue weighted by Crippen LogP contribution is 2.33. The predicted molar refractivity (Wildman–Crippen MR) is 161 cm³/mol. The smallest absolute Gasteiger partial charge is 0.0715 e. The standard InChI is InChI=1S/C37H29N/c1-26-20-27(2)22-34(21-26)32-14-9-15-33(23-32)37-25-35(24-36(38-37)31-12-7-4-8-13-31)30-18-16-29(17-19-30)28-10-5-3-6-11-28/h3-25H,1-2H3. The van der Waals surface area contributed by atoms with Crippen molar-refractivity contribution < 1.29 is 0 Å². The quantitative estimate of drug-likeness (QED) is 0.236. The summed E-state index contributed by atoms with van der Waals surface area (Å²) in [6.45, 7) is 4.31. The zero-order chi connectivity index (χ0) is 25.9. The molecule has 1 aromatic heterocycles. The van der Waals surface area contributed by atoms with Crippen LogP contribution in [0.3, 0.4) is 0 Å². The first-order valence-electron chi connectivity index (χ1n) is 13.0. The zero-order valence-electron chi connectivity index (χ0n) is 21.7. The van der Waals surface area contributed by atoms with E-state index in [0.717, 1.165) is 28.1 Å². The second-order valence-electron chi connectivity index (χ2n) is 9.89. The summed E-state index contributed by atoms with van der Waals surface area (Å²) in [5.74, 6) is 0. The summed E-state index contributed by atoms with van der Waals surface area (Å²) in [5, 5.41) is 0. The Kier molecular flexibility index (Phi) is 6.42. The first-order chi connectivity index (χ1) is 18.6. The number of pyridine rings is 1.